The second kappa shape index (κ2) is 5.82. The molecule has 0 saturated carbocycles. The van der Waals surface area contributed by atoms with E-state index in [1.807, 2.05) is 0 Å². The molecule has 1 fully saturated rings. The molecule has 0 aromatic carbocycles. The highest BCUT2D eigenvalue weighted by molar-refractivity contribution is 9.10. The van der Waals surface area contributed by atoms with Crippen molar-refractivity contribution in [2.45, 2.75) is 18.0 Å². The fraction of sp³-hybridized carbons (Fsp3) is 0.455. The monoisotopic (exact) mass is 354 g/mol. The Kier molecular flexibility index (Phi) is 4.54. The number of nitrogens with zero attached hydrogens (tertiary/aromatic N) is 1. The summed E-state index contributed by atoms with van der Waals surface area (Å²) in [5, 5.41) is 3.93. The van der Waals surface area contributed by atoms with Crippen LogP contribution in [0.5, 0.6) is 0 Å². The zero-order valence-corrected chi connectivity index (χ0v) is 12.0. The van der Waals surface area contributed by atoms with Crippen molar-refractivity contribution in [3.05, 3.63) is 28.2 Å². The first-order valence-electron chi connectivity index (χ1n) is 5.41. The first-order chi connectivity index (χ1) is 8.99. The topological polar surface area (TPSA) is 34.1 Å². The van der Waals surface area contributed by atoms with E-state index < -0.39 is 23.8 Å². The molecule has 1 aromatic heterocycles. The summed E-state index contributed by atoms with van der Waals surface area (Å²) in [5.41, 5.74) is -2.37. The summed E-state index contributed by atoms with van der Waals surface area (Å²) >= 11 is 7.78. The number of morpholine rings is 1. The molecule has 2 heterocycles. The summed E-state index contributed by atoms with van der Waals surface area (Å²) in [6.07, 6.45) is -2.89. The molecular formula is C11H10BrF3N2OS. The third kappa shape index (κ3) is 2.81. The van der Waals surface area contributed by atoms with Gasteiger partial charge in [0.05, 0.1) is 19.3 Å². The smallest absolute Gasteiger partial charge is 0.264 e. The summed E-state index contributed by atoms with van der Waals surface area (Å²) < 4.78 is 46.2. The highest BCUT2D eigenvalue weighted by atomic mass is 79.9. The number of hydrogen-bond acceptors (Lipinski definition) is 4. The second-order valence-electron chi connectivity index (χ2n) is 4.14. The first-order valence-corrected chi connectivity index (χ1v) is 6.67. The number of halogens is 4. The van der Waals surface area contributed by atoms with Gasteiger partial charge in [0, 0.05) is 0 Å². The van der Waals surface area contributed by atoms with E-state index in [2.05, 4.69) is 26.2 Å². The van der Waals surface area contributed by atoms with E-state index in [0.29, 0.717) is 0 Å². The third-order valence-electron chi connectivity index (χ3n) is 2.84. The van der Waals surface area contributed by atoms with Crippen molar-refractivity contribution in [1.82, 2.24) is 10.3 Å². The quantitative estimate of drug-likeness (QED) is 0.667. The molecule has 1 aliphatic rings. The number of thiocarbonyl (C=S) groups is 1. The first kappa shape index (κ1) is 14.8. The fourth-order valence-electron chi connectivity index (χ4n) is 1.93. The van der Waals surface area contributed by atoms with Crippen LogP contribution in [0.25, 0.3) is 0 Å². The van der Waals surface area contributed by atoms with E-state index in [9.17, 15) is 13.2 Å². The summed E-state index contributed by atoms with van der Waals surface area (Å²) in [5.74, 6) is -0.815. The van der Waals surface area contributed by atoms with E-state index in [-0.39, 0.29) is 23.5 Å². The fourth-order valence-corrected chi connectivity index (χ4v) is 2.39. The predicted octanol–water partition coefficient (Wildman–Crippen LogP) is 2.43. The van der Waals surface area contributed by atoms with Crippen LogP contribution >= 0.6 is 28.1 Å². The lowest BCUT2D eigenvalue weighted by atomic mass is 9.93. The normalized spacial score (nSPS) is 27.5. The predicted molar refractivity (Wildman–Crippen MR) is 71.0 cm³/mol. The molecule has 1 aromatic rings. The van der Waals surface area contributed by atoms with E-state index in [1.54, 1.807) is 0 Å². The highest BCUT2D eigenvalue weighted by Crippen LogP contribution is 2.33. The largest absolute Gasteiger partial charge is 0.377 e. The minimum Gasteiger partial charge on any atom is -0.377 e. The van der Waals surface area contributed by atoms with Crippen molar-refractivity contribution in [1.29, 1.82) is 0 Å². The minimum atomic E-state index is -2.89. The van der Waals surface area contributed by atoms with Crippen molar-refractivity contribution in [3.63, 3.8) is 0 Å². The number of alkyl halides is 2. The van der Waals surface area contributed by atoms with Gasteiger partial charge >= 0.3 is 0 Å². The molecule has 2 atom stereocenters. The molecule has 2 unspecified atom stereocenters. The number of ether oxygens (including phenoxy) is 1. The van der Waals surface area contributed by atoms with Crippen LogP contribution in [0.3, 0.4) is 0 Å². The number of hydrogen-bond donors (Lipinski definition) is 1. The minimum absolute atomic E-state index is 0.174. The van der Waals surface area contributed by atoms with Gasteiger partial charge in [-0.1, -0.05) is 12.2 Å². The molecule has 0 radical (unpaired) electrons. The van der Waals surface area contributed by atoms with E-state index >= 15 is 0 Å². The lowest BCUT2D eigenvalue weighted by Crippen LogP contribution is -2.61. The molecule has 1 aliphatic heterocycles. The molecule has 2 rings (SSSR count). The number of rotatable bonds is 3. The number of aromatic nitrogens is 1. The Morgan fingerprint density at radius 1 is 1.58 bits per heavy atom. The second-order valence-corrected chi connectivity index (χ2v) is 5.22. The molecule has 3 nitrogen and oxygen atoms in total. The van der Waals surface area contributed by atoms with Crippen molar-refractivity contribution < 1.29 is 17.9 Å². The summed E-state index contributed by atoms with van der Waals surface area (Å²) in [6.45, 7) is -0.196. The van der Waals surface area contributed by atoms with Gasteiger partial charge in [0.1, 0.15) is 21.7 Å². The maximum Gasteiger partial charge on any atom is 0.264 e. The molecule has 0 spiro atoms. The number of pyridine rings is 1. The van der Waals surface area contributed by atoms with Gasteiger partial charge in [-0.15, -0.1) is 0 Å². The zero-order chi connectivity index (χ0) is 14.0. The Labute approximate surface area is 121 Å². The summed E-state index contributed by atoms with van der Waals surface area (Å²) in [6, 6.07) is 1.87. The molecule has 0 bridgehead atoms. The lowest BCUT2D eigenvalue weighted by molar-refractivity contribution is -0.0733. The average molecular weight is 355 g/mol. The van der Waals surface area contributed by atoms with Crippen LogP contribution in [-0.4, -0.2) is 36.0 Å². The van der Waals surface area contributed by atoms with Gasteiger partial charge in [-0.3, -0.25) is 5.32 Å². The van der Waals surface area contributed by atoms with Crippen molar-refractivity contribution >= 4 is 33.5 Å². The van der Waals surface area contributed by atoms with Crippen LogP contribution in [-0.2, 0) is 10.3 Å². The average Bonchev–Trinajstić information content (AvgIpc) is 2.41. The van der Waals surface area contributed by atoms with Crippen LogP contribution in [0.4, 0.5) is 13.2 Å². The van der Waals surface area contributed by atoms with E-state index in [1.165, 1.54) is 11.4 Å². The molecule has 104 valence electrons. The summed E-state index contributed by atoms with van der Waals surface area (Å²) in [7, 11) is 0. The van der Waals surface area contributed by atoms with Gasteiger partial charge in [0.15, 0.2) is 0 Å². The van der Waals surface area contributed by atoms with Crippen molar-refractivity contribution in [2.75, 3.05) is 13.2 Å². The Hall–Kier alpha value is -0.570. The Morgan fingerprint density at radius 3 is 2.95 bits per heavy atom. The highest BCUT2D eigenvalue weighted by Gasteiger charge is 2.48. The molecule has 0 amide bonds. The van der Waals surface area contributed by atoms with Gasteiger partial charge in [-0.05, 0) is 33.4 Å². The van der Waals surface area contributed by atoms with Gasteiger partial charge in [-0.2, -0.15) is 0 Å². The van der Waals surface area contributed by atoms with E-state index in [4.69, 9.17) is 17.0 Å². The number of nitrogens with one attached hydrogen (secondary N) is 1. The zero-order valence-electron chi connectivity index (χ0n) is 9.58. The molecule has 1 saturated heterocycles. The van der Waals surface area contributed by atoms with Crippen molar-refractivity contribution in [2.24, 2.45) is 0 Å². The third-order valence-corrected chi connectivity index (χ3v) is 3.61. The molecule has 8 heteroatoms. The van der Waals surface area contributed by atoms with Crippen LogP contribution in [0.2, 0.25) is 0 Å². The summed E-state index contributed by atoms with van der Waals surface area (Å²) in [4.78, 5) is 3.83. The Bertz CT molecular complexity index is 491. The van der Waals surface area contributed by atoms with Crippen molar-refractivity contribution in [3.8, 4) is 0 Å². The van der Waals surface area contributed by atoms with E-state index in [0.717, 1.165) is 6.07 Å². The Morgan fingerprint density at radius 2 is 2.32 bits per heavy atom. The molecular weight excluding hydrogens is 345 g/mol. The molecule has 1 N–H and O–H groups in total. The van der Waals surface area contributed by atoms with Gasteiger partial charge in [-0.25, -0.2) is 18.2 Å². The maximum absolute atomic E-state index is 13.8. The maximum atomic E-state index is 13.8. The van der Waals surface area contributed by atoms with Gasteiger partial charge in [0.2, 0.25) is 0 Å². The van der Waals surface area contributed by atoms with Crippen LogP contribution in [0.1, 0.15) is 5.69 Å². The lowest BCUT2D eigenvalue weighted by Gasteiger charge is -2.40. The Balaban J connectivity index is 2.49. The van der Waals surface area contributed by atoms with Gasteiger partial charge < -0.3 is 4.74 Å². The standard InChI is InChI=1S/C11H10BrF3N2OS/c12-8-2-1-7(13)9(16-8)11(10(14)15)5-18-3-6(4-19)17-11/h1-2,4,6,10,17H,3,5H2. The van der Waals surface area contributed by atoms with Crippen LogP contribution in [0, 0.1) is 5.82 Å². The SMILES string of the molecule is Fc1ccc(Br)nc1C1(C(F)F)COCC(C=S)N1. The molecule has 19 heavy (non-hydrogen) atoms. The molecule has 0 aliphatic carbocycles. The van der Waals surface area contributed by atoms with Crippen LogP contribution in [0.15, 0.2) is 16.7 Å². The van der Waals surface area contributed by atoms with Crippen LogP contribution < -0.4 is 5.32 Å². The van der Waals surface area contributed by atoms with Gasteiger partial charge in [0.25, 0.3) is 6.43 Å².